The van der Waals surface area contributed by atoms with Crippen LogP contribution in [-0.4, -0.2) is 23.0 Å². The Morgan fingerprint density at radius 1 is 1.17 bits per heavy atom. The summed E-state index contributed by atoms with van der Waals surface area (Å²) in [5, 5.41) is 13.2. The van der Waals surface area contributed by atoms with Gasteiger partial charge in [0.15, 0.2) is 0 Å². The molecule has 120 valence electrons. The van der Waals surface area contributed by atoms with Crippen LogP contribution in [-0.2, 0) is 11.3 Å². The molecule has 1 aromatic carbocycles. The lowest BCUT2D eigenvalue weighted by atomic mass is 9.79. The first-order valence-corrected chi connectivity index (χ1v) is 8.60. The van der Waals surface area contributed by atoms with Crippen LogP contribution in [0.2, 0.25) is 0 Å². The molecular formula is C18H20BrN3O. The molecule has 0 saturated carbocycles. The monoisotopic (exact) mass is 373 g/mol. The molecule has 0 amide bonds. The van der Waals surface area contributed by atoms with Crippen molar-refractivity contribution >= 4 is 21.6 Å². The highest BCUT2D eigenvalue weighted by atomic mass is 79.9. The van der Waals surface area contributed by atoms with Gasteiger partial charge in [-0.1, -0.05) is 47.1 Å². The number of halogens is 1. The number of aromatic nitrogens is 2. The normalized spacial score (nSPS) is 19.0. The van der Waals surface area contributed by atoms with Gasteiger partial charge in [0.25, 0.3) is 0 Å². The average Bonchev–Trinajstić information content (AvgIpc) is 2.55. The van der Waals surface area contributed by atoms with Gasteiger partial charge in [-0.2, -0.15) is 10.2 Å². The van der Waals surface area contributed by atoms with Crippen LogP contribution in [0.1, 0.15) is 31.5 Å². The maximum Gasteiger partial charge on any atom is 0.106 e. The molecule has 1 heterocycles. The van der Waals surface area contributed by atoms with Gasteiger partial charge in [-0.25, -0.2) is 0 Å². The van der Waals surface area contributed by atoms with Gasteiger partial charge in [-0.05, 0) is 42.9 Å². The maximum absolute atomic E-state index is 5.06. The molecule has 0 radical (unpaired) electrons. The van der Waals surface area contributed by atoms with Gasteiger partial charge < -0.3 is 4.84 Å². The summed E-state index contributed by atoms with van der Waals surface area (Å²) in [5.74, 6) is 1.11. The molecule has 0 bridgehead atoms. The van der Waals surface area contributed by atoms with Crippen molar-refractivity contribution in [2.45, 2.75) is 26.7 Å². The Bertz CT molecular complexity index is 726. The van der Waals surface area contributed by atoms with Gasteiger partial charge in [0, 0.05) is 15.6 Å². The number of fused-ring (bicyclic) bond motifs is 1. The number of hydrogen-bond acceptors (Lipinski definition) is 4. The van der Waals surface area contributed by atoms with Crippen LogP contribution in [0.5, 0.6) is 0 Å². The Kier molecular flexibility index (Phi) is 4.76. The van der Waals surface area contributed by atoms with Crippen molar-refractivity contribution < 1.29 is 4.84 Å². The second-order valence-electron chi connectivity index (χ2n) is 6.23. The van der Waals surface area contributed by atoms with Gasteiger partial charge in [0.05, 0.1) is 17.1 Å². The molecule has 3 rings (SSSR count). The lowest BCUT2D eigenvalue weighted by Gasteiger charge is -2.27. The van der Waals surface area contributed by atoms with E-state index in [2.05, 4.69) is 51.2 Å². The van der Waals surface area contributed by atoms with E-state index in [9.17, 15) is 0 Å². The average molecular weight is 374 g/mol. The van der Waals surface area contributed by atoms with Gasteiger partial charge in [-0.15, -0.1) is 0 Å². The lowest BCUT2D eigenvalue weighted by Crippen LogP contribution is -2.26. The van der Waals surface area contributed by atoms with Crippen molar-refractivity contribution in [2.75, 3.05) is 7.11 Å². The second-order valence-corrected chi connectivity index (χ2v) is 7.15. The molecule has 1 atom stereocenters. The second kappa shape index (κ2) is 6.79. The molecule has 23 heavy (non-hydrogen) atoms. The molecule has 0 fully saturated rings. The highest BCUT2D eigenvalue weighted by Gasteiger charge is 2.28. The number of nitrogens with zero attached hydrogens (tertiary/aromatic N) is 3. The molecule has 1 aliphatic carbocycles. The number of oxime groups is 1. The third kappa shape index (κ3) is 3.44. The van der Waals surface area contributed by atoms with Crippen LogP contribution in [0.4, 0.5) is 0 Å². The van der Waals surface area contributed by atoms with Crippen LogP contribution in [0.25, 0.3) is 11.3 Å². The van der Waals surface area contributed by atoms with E-state index >= 15 is 0 Å². The maximum atomic E-state index is 5.06. The fourth-order valence-electron chi connectivity index (χ4n) is 2.93. The fourth-order valence-corrected chi connectivity index (χ4v) is 3.19. The van der Waals surface area contributed by atoms with Crippen molar-refractivity contribution in [1.29, 1.82) is 0 Å². The summed E-state index contributed by atoms with van der Waals surface area (Å²) in [6, 6.07) is 10.2. The Morgan fingerprint density at radius 2 is 1.91 bits per heavy atom. The Hall–Kier alpha value is -1.75. The summed E-state index contributed by atoms with van der Waals surface area (Å²) in [6.45, 7) is 4.48. The highest BCUT2D eigenvalue weighted by molar-refractivity contribution is 9.10. The fraction of sp³-hybridized carbons (Fsp3) is 0.389. The van der Waals surface area contributed by atoms with Gasteiger partial charge >= 0.3 is 0 Å². The highest BCUT2D eigenvalue weighted by Crippen LogP contribution is 2.31. The van der Waals surface area contributed by atoms with Crippen molar-refractivity contribution in [2.24, 2.45) is 17.0 Å². The molecule has 0 N–H and O–H groups in total. The van der Waals surface area contributed by atoms with Crippen molar-refractivity contribution in [3.05, 3.63) is 46.1 Å². The predicted octanol–water partition coefficient (Wildman–Crippen LogP) is 4.48. The van der Waals surface area contributed by atoms with E-state index < -0.39 is 0 Å². The van der Waals surface area contributed by atoms with Gasteiger partial charge in [-0.3, -0.25) is 0 Å². The SMILES string of the molecule is CON=C1CC(C(C)C)Cc2nnc(-c3ccc(Br)cc3)cc21. The summed E-state index contributed by atoms with van der Waals surface area (Å²) in [7, 11) is 1.59. The van der Waals surface area contributed by atoms with E-state index in [1.54, 1.807) is 7.11 Å². The Labute approximate surface area is 145 Å². The lowest BCUT2D eigenvalue weighted by molar-refractivity contribution is 0.211. The van der Waals surface area contributed by atoms with Crippen LogP contribution in [0.3, 0.4) is 0 Å². The molecule has 4 nitrogen and oxygen atoms in total. The molecule has 1 aliphatic rings. The predicted molar refractivity (Wildman–Crippen MR) is 95.4 cm³/mol. The Morgan fingerprint density at radius 3 is 2.57 bits per heavy atom. The molecule has 2 aromatic rings. The molecule has 1 aromatic heterocycles. The van der Waals surface area contributed by atoms with Crippen LogP contribution in [0, 0.1) is 11.8 Å². The minimum absolute atomic E-state index is 0.532. The number of benzene rings is 1. The number of rotatable bonds is 3. The number of hydrogen-bond donors (Lipinski definition) is 0. The van der Waals surface area contributed by atoms with E-state index in [4.69, 9.17) is 4.84 Å². The summed E-state index contributed by atoms with van der Waals surface area (Å²) in [5.41, 5.74) is 4.97. The van der Waals surface area contributed by atoms with Gasteiger partial charge in [0.2, 0.25) is 0 Å². The first kappa shape index (κ1) is 16.1. The zero-order valence-electron chi connectivity index (χ0n) is 13.6. The van der Waals surface area contributed by atoms with E-state index in [0.29, 0.717) is 11.8 Å². The standard InChI is InChI=1S/C18H20BrN3O/c1-11(2)13-8-17-15(18(9-13)22-23-3)10-16(20-21-17)12-4-6-14(19)7-5-12/h4-7,10-11,13H,8-9H2,1-3H3. The molecule has 0 spiro atoms. The van der Waals surface area contributed by atoms with Crippen LogP contribution < -0.4 is 0 Å². The van der Waals surface area contributed by atoms with E-state index in [1.807, 2.05) is 24.3 Å². The van der Waals surface area contributed by atoms with Gasteiger partial charge in [0.1, 0.15) is 7.11 Å². The molecule has 1 unspecified atom stereocenters. The smallest absolute Gasteiger partial charge is 0.106 e. The zero-order chi connectivity index (χ0) is 16.4. The van der Waals surface area contributed by atoms with Crippen LogP contribution >= 0.6 is 15.9 Å². The van der Waals surface area contributed by atoms with E-state index in [1.165, 1.54) is 0 Å². The molecule has 5 heteroatoms. The zero-order valence-corrected chi connectivity index (χ0v) is 15.2. The summed E-state index contributed by atoms with van der Waals surface area (Å²) < 4.78 is 1.05. The summed E-state index contributed by atoms with van der Waals surface area (Å²) in [4.78, 5) is 5.06. The van der Waals surface area contributed by atoms with E-state index in [-0.39, 0.29) is 0 Å². The van der Waals surface area contributed by atoms with E-state index in [0.717, 1.165) is 45.5 Å². The first-order chi connectivity index (χ1) is 11.1. The van der Waals surface area contributed by atoms with Crippen molar-refractivity contribution in [1.82, 2.24) is 10.2 Å². The minimum Gasteiger partial charge on any atom is -0.399 e. The minimum atomic E-state index is 0.532. The third-order valence-electron chi connectivity index (χ3n) is 4.38. The van der Waals surface area contributed by atoms with Crippen molar-refractivity contribution in [3.8, 4) is 11.3 Å². The Balaban J connectivity index is 2.02. The van der Waals surface area contributed by atoms with Crippen molar-refractivity contribution in [3.63, 3.8) is 0 Å². The molecular weight excluding hydrogens is 354 g/mol. The topological polar surface area (TPSA) is 47.4 Å². The summed E-state index contributed by atoms with van der Waals surface area (Å²) >= 11 is 3.46. The third-order valence-corrected chi connectivity index (χ3v) is 4.91. The van der Waals surface area contributed by atoms with Crippen LogP contribution in [0.15, 0.2) is 40.0 Å². The summed E-state index contributed by atoms with van der Waals surface area (Å²) in [6.07, 6.45) is 1.87. The molecule has 0 saturated heterocycles. The first-order valence-electron chi connectivity index (χ1n) is 7.81. The molecule has 0 aliphatic heterocycles. The largest absolute Gasteiger partial charge is 0.399 e. The quantitative estimate of drug-likeness (QED) is 0.745.